The number of aromatic nitrogens is 6. The van der Waals surface area contributed by atoms with E-state index in [1.165, 1.54) is 35.1 Å². The number of alkyl halides is 6. The topological polar surface area (TPSA) is 76.7 Å². The lowest BCUT2D eigenvalue weighted by Crippen LogP contribution is -2.47. The summed E-state index contributed by atoms with van der Waals surface area (Å²) in [5.41, 5.74) is 0. The fourth-order valence-electron chi connectivity index (χ4n) is 3.95. The maximum Gasteiger partial charge on any atom is 0.453 e. The van der Waals surface area contributed by atoms with Crippen LogP contribution in [0.4, 0.5) is 26.3 Å². The molecule has 0 aromatic carbocycles. The fraction of sp³-hybridized carbons (Fsp3) is 0.364. The van der Waals surface area contributed by atoms with Crippen LogP contribution in [0, 0.1) is 9.54 Å². The Labute approximate surface area is 252 Å². The van der Waals surface area contributed by atoms with E-state index in [1.807, 2.05) is 9.80 Å². The van der Waals surface area contributed by atoms with E-state index in [4.69, 9.17) is 24.4 Å². The predicted octanol–water partition coefficient (Wildman–Crippen LogP) is 5.30. The molecule has 1 fully saturated rings. The molecule has 0 amide bonds. The van der Waals surface area contributed by atoms with Crippen molar-refractivity contribution in [1.29, 1.82) is 0 Å². The van der Waals surface area contributed by atoms with Crippen LogP contribution in [0.2, 0.25) is 0 Å². The second-order valence-corrected chi connectivity index (χ2v) is 11.6. The number of halogens is 6. The van der Waals surface area contributed by atoms with Gasteiger partial charge in [-0.1, -0.05) is 12.1 Å². The summed E-state index contributed by atoms with van der Waals surface area (Å²) in [6.45, 7) is 1.47. The summed E-state index contributed by atoms with van der Waals surface area (Å²) < 4.78 is 84.8. The van der Waals surface area contributed by atoms with Crippen molar-refractivity contribution in [3.05, 3.63) is 66.0 Å². The Morgan fingerprint density at radius 2 is 1.10 bits per heavy atom. The van der Waals surface area contributed by atoms with Crippen LogP contribution in [0.3, 0.4) is 0 Å². The molecule has 20 heteroatoms. The summed E-state index contributed by atoms with van der Waals surface area (Å²) in [6, 6.07) is 6.90. The van der Waals surface area contributed by atoms with Gasteiger partial charge in [0.2, 0.25) is 9.54 Å². The number of hydrogen-bond acceptors (Lipinski definition) is 10. The van der Waals surface area contributed by atoms with Gasteiger partial charge in [-0.05, 0) is 47.3 Å². The van der Waals surface area contributed by atoms with Gasteiger partial charge in [0.05, 0.1) is 25.8 Å². The van der Waals surface area contributed by atoms with Crippen molar-refractivity contribution in [2.45, 2.75) is 25.7 Å². The lowest BCUT2D eigenvalue weighted by Gasteiger charge is -2.34. The van der Waals surface area contributed by atoms with E-state index in [-0.39, 0.29) is 22.9 Å². The highest BCUT2D eigenvalue weighted by molar-refractivity contribution is 7.71. The maximum absolute atomic E-state index is 13.7. The smallest absolute Gasteiger partial charge is 0.282 e. The summed E-state index contributed by atoms with van der Waals surface area (Å²) in [5, 5.41) is 18.7. The number of nitrogens with zero attached hydrogens (tertiary/aromatic N) is 10. The van der Waals surface area contributed by atoms with E-state index in [0.717, 1.165) is 9.36 Å². The zero-order chi connectivity index (χ0) is 30.1. The SMILES string of the molecule is FC(F)(F)c1nn(CN2CCN(Cn3nc(C(F)(F)F)n(/N=C/c4cccs4)c3=S)CC2)c(=S)n1/N=C/c1cccs1. The Kier molecular flexibility index (Phi) is 8.90. The minimum atomic E-state index is -4.78. The second kappa shape index (κ2) is 12.3. The molecule has 0 saturated carbocycles. The van der Waals surface area contributed by atoms with Crippen molar-refractivity contribution in [3.63, 3.8) is 0 Å². The van der Waals surface area contributed by atoms with Crippen molar-refractivity contribution >= 4 is 59.5 Å². The van der Waals surface area contributed by atoms with E-state index in [9.17, 15) is 26.3 Å². The zero-order valence-corrected chi connectivity index (χ0v) is 24.5. The molecule has 4 aromatic heterocycles. The molecule has 0 atom stereocenters. The van der Waals surface area contributed by atoms with E-state index in [0.29, 0.717) is 45.3 Å². The van der Waals surface area contributed by atoms with Gasteiger partial charge in [-0.15, -0.1) is 32.9 Å². The number of thiophene rings is 2. The van der Waals surface area contributed by atoms with Crippen LogP contribution in [0.5, 0.6) is 0 Å². The quantitative estimate of drug-likeness (QED) is 0.144. The molecular formula is C22H20F6N10S4. The standard InChI is InChI=1S/C22H20F6N10S4/c23-21(24,25)17-31-35(19(39)37(17)29-11-15-3-1-9-41-15)13-33-5-7-34(8-6-33)14-36-20(40)38(18(32-36)22(26,27)28)30-12-16-4-2-10-42-16/h1-4,9-12H,5-8,13-14H2/b29-11+,30-12+. The first-order valence-corrected chi connectivity index (χ1v) is 14.6. The Hall–Kier alpha value is -3.04. The molecule has 1 aliphatic heterocycles. The Bertz CT molecular complexity index is 1540. The lowest BCUT2D eigenvalue weighted by molar-refractivity contribution is -0.148. The molecule has 4 aromatic rings. The molecule has 1 aliphatic rings. The highest BCUT2D eigenvalue weighted by Crippen LogP contribution is 2.29. The van der Waals surface area contributed by atoms with E-state index in [2.05, 4.69) is 20.4 Å². The molecule has 5 rings (SSSR count). The molecule has 0 bridgehead atoms. The summed E-state index contributed by atoms with van der Waals surface area (Å²) >= 11 is 13.1. The summed E-state index contributed by atoms with van der Waals surface area (Å²) in [6.07, 6.45) is -7.00. The van der Waals surface area contributed by atoms with Crippen LogP contribution in [0.15, 0.2) is 45.2 Å². The maximum atomic E-state index is 13.7. The van der Waals surface area contributed by atoms with Crippen molar-refractivity contribution in [2.75, 3.05) is 26.2 Å². The first-order chi connectivity index (χ1) is 19.9. The highest BCUT2D eigenvalue weighted by Gasteiger charge is 2.40. The molecule has 0 N–H and O–H groups in total. The normalized spacial score (nSPS) is 16.0. The Morgan fingerprint density at radius 1 is 0.714 bits per heavy atom. The van der Waals surface area contributed by atoms with E-state index in [1.54, 1.807) is 35.0 Å². The first kappa shape index (κ1) is 30.4. The third-order valence-corrected chi connectivity index (χ3v) is 8.34. The second-order valence-electron chi connectivity index (χ2n) is 8.87. The molecule has 0 unspecified atom stereocenters. The predicted molar refractivity (Wildman–Crippen MR) is 150 cm³/mol. The molecule has 5 heterocycles. The lowest BCUT2D eigenvalue weighted by atomic mass is 10.3. The van der Waals surface area contributed by atoms with E-state index < -0.39 is 24.0 Å². The van der Waals surface area contributed by atoms with Crippen LogP contribution < -0.4 is 0 Å². The van der Waals surface area contributed by atoms with Crippen molar-refractivity contribution in [2.24, 2.45) is 10.2 Å². The third kappa shape index (κ3) is 6.94. The van der Waals surface area contributed by atoms with Crippen LogP contribution in [-0.4, -0.2) is 77.3 Å². The van der Waals surface area contributed by atoms with Gasteiger partial charge in [0.25, 0.3) is 11.6 Å². The van der Waals surface area contributed by atoms with Gasteiger partial charge >= 0.3 is 12.4 Å². The summed E-state index contributed by atoms with van der Waals surface area (Å²) in [4.78, 5) is 4.96. The highest BCUT2D eigenvalue weighted by atomic mass is 32.1. The van der Waals surface area contributed by atoms with Gasteiger partial charge < -0.3 is 0 Å². The third-order valence-electron chi connectivity index (χ3n) is 5.96. The minimum absolute atomic E-state index is 0.0268. The zero-order valence-electron chi connectivity index (χ0n) is 21.2. The van der Waals surface area contributed by atoms with Crippen LogP contribution in [-0.2, 0) is 25.7 Å². The molecule has 1 saturated heterocycles. The van der Waals surface area contributed by atoms with E-state index >= 15 is 0 Å². The van der Waals surface area contributed by atoms with Crippen LogP contribution in [0.25, 0.3) is 0 Å². The van der Waals surface area contributed by atoms with Crippen molar-refractivity contribution < 1.29 is 26.3 Å². The average Bonchev–Trinajstić information content (AvgIpc) is 3.72. The summed E-state index contributed by atoms with van der Waals surface area (Å²) in [7, 11) is 0. The molecule has 0 spiro atoms. The molecule has 224 valence electrons. The monoisotopic (exact) mass is 666 g/mol. The molecule has 0 radical (unpaired) electrons. The first-order valence-electron chi connectivity index (χ1n) is 12.0. The number of piperazine rings is 1. The molecular weight excluding hydrogens is 647 g/mol. The summed E-state index contributed by atoms with van der Waals surface area (Å²) in [5.74, 6) is -2.49. The Morgan fingerprint density at radius 3 is 1.40 bits per heavy atom. The van der Waals surface area contributed by atoms with Gasteiger partial charge in [-0.2, -0.15) is 45.9 Å². The van der Waals surface area contributed by atoms with Crippen molar-refractivity contribution in [3.8, 4) is 0 Å². The van der Waals surface area contributed by atoms with Crippen LogP contribution >= 0.6 is 47.1 Å². The number of rotatable bonds is 8. The van der Waals surface area contributed by atoms with Crippen LogP contribution in [0.1, 0.15) is 21.4 Å². The molecule has 42 heavy (non-hydrogen) atoms. The van der Waals surface area contributed by atoms with Crippen molar-refractivity contribution in [1.82, 2.24) is 38.7 Å². The number of hydrogen-bond donors (Lipinski definition) is 0. The Balaban J connectivity index is 1.27. The fourth-order valence-corrected chi connectivity index (χ4v) is 5.58. The molecule has 10 nitrogen and oxygen atoms in total. The van der Waals surface area contributed by atoms with Gasteiger partial charge in [-0.25, -0.2) is 9.36 Å². The van der Waals surface area contributed by atoms with Gasteiger partial charge in [0, 0.05) is 35.9 Å². The van der Waals surface area contributed by atoms with Gasteiger partial charge in [-0.3, -0.25) is 9.80 Å². The van der Waals surface area contributed by atoms with Gasteiger partial charge in [0.15, 0.2) is 0 Å². The molecule has 0 aliphatic carbocycles. The largest absolute Gasteiger partial charge is 0.453 e. The average molecular weight is 667 g/mol. The van der Waals surface area contributed by atoms with Gasteiger partial charge in [0.1, 0.15) is 0 Å². The minimum Gasteiger partial charge on any atom is -0.282 e.